The molecule has 0 radical (unpaired) electrons. The van der Waals surface area contributed by atoms with Gasteiger partial charge in [0.1, 0.15) is 0 Å². The maximum absolute atomic E-state index is 10.6. The molecular formula is C11H17N3O. The van der Waals surface area contributed by atoms with Crippen LogP contribution in [0.15, 0.2) is 5.10 Å². The highest BCUT2D eigenvalue weighted by atomic mass is 16.2. The average Bonchev–Trinajstić information content (AvgIpc) is 2.83. The summed E-state index contributed by atoms with van der Waals surface area (Å²) in [5.41, 5.74) is 8.61. The van der Waals surface area contributed by atoms with Crippen molar-refractivity contribution in [3.63, 3.8) is 0 Å². The molecule has 82 valence electrons. The molecule has 3 N–H and O–H groups in total. The smallest absolute Gasteiger partial charge is 0.332 e. The van der Waals surface area contributed by atoms with Crippen molar-refractivity contribution in [3.05, 3.63) is 0 Å². The Kier molecular flexibility index (Phi) is 1.97. The van der Waals surface area contributed by atoms with Crippen LogP contribution in [0, 0.1) is 23.7 Å². The predicted molar refractivity (Wildman–Crippen MR) is 57.2 cm³/mol. The van der Waals surface area contributed by atoms with E-state index in [1.807, 2.05) is 0 Å². The molecule has 0 aliphatic heterocycles. The standard InChI is InChI=1S/C11H17N3O/c12-11(15)14-13-9-5-7-2-1-6-3-4-8(9)10(6)7/h6-8,10H,1-5H2,(H3,12,14,15)/b13-9+. The van der Waals surface area contributed by atoms with Gasteiger partial charge in [0.2, 0.25) is 0 Å². The summed E-state index contributed by atoms with van der Waals surface area (Å²) in [6, 6.07) is -0.547. The monoisotopic (exact) mass is 207 g/mol. The van der Waals surface area contributed by atoms with E-state index < -0.39 is 6.03 Å². The van der Waals surface area contributed by atoms with Gasteiger partial charge >= 0.3 is 6.03 Å². The number of nitrogens with one attached hydrogen (secondary N) is 1. The Labute approximate surface area is 89.3 Å². The van der Waals surface area contributed by atoms with E-state index in [1.165, 1.54) is 31.4 Å². The molecule has 4 nitrogen and oxygen atoms in total. The highest BCUT2D eigenvalue weighted by Crippen LogP contribution is 2.57. The summed E-state index contributed by atoms with van der Waals surface area (Å²) >= 11 is 0. The van der Waals surface area contributed by atoms with Crippen LogP contribution < -0.4 is 11.2 Å². The van der Waals surface area contributed by atoms with Gasteiger partial charge in [0.25, 0.3) is 0 Å². The van der Waals surface area contributed by atoms with Gasteiger partial charge in [-0.2, -0.15) is 5.10 Å². The van der Waals surface area contributed by atoms with Crippen LogP contribution in [0.3, 0.4) is 0 Å². The zero-order valence-electron chi connectivity index (χ0n) is 8.78. The number of amides is 2. The van der Waals surface area contributed by atoms with E-state index in [9.17, 15) is 4.79 Å². The molecule has 4 atom stereocenters. The lowest BCUT2D eigenvalue weighted by Crippen LogP contribution is -2.26. The Balaban J connectivity index is 1.78. The highest BCUT2D eigenvalue weighted by molar-refractivity contribution is 5.90. The first-order valence-corrected chi connectivity index (χ1v) is 5.87. The topological polar surface area (TPSA) is 67.5 Å². The Morgan fingerprint density at radius 3 is 2.80 bits per heavy atom. The van der Waals surface area contributed by atoms with Gasteiger partial charge in [-0.25, -0.2) is 10.2 Å². The van der Waals surface area contributed by atoms with Gasteiger partial charge in [-0.15, -0.1) is 0 Å². The third-order valence-corrected chi connectivity index (χ3v) is 4.52. The first-order chi connectivity index (χ1) is 7.25. The van der Waals surface area contributed by atoms with Crippen molar-refractivity contribution in [2.75, 3.05) is 0 Å². The molecule has 3 saturated carbocycles. The lowest BCUT2D eigenvalue weighted by molar-refractivity contribution is 0.249. The molecule has 15 heavy (non-hydrogen) atoms. The Bertz CT molecular complexity index is 326. The molecule has 4 heteroatoms. The fraction of sp³-hybridized carbons (Fsp3) is 0.818. The van der Waals surface area contributed by atoms with Crippen LogP contribution in [0.4, 0.5) is 4.79 Å². The van der Waals surface area contributed by atoms with E-state index in [-0.39, 0.29) is 0 Å². The first kappa shape index (κ1) is 9.19. The quantitative estimate of drug-likeness (QED) is 0.628. The molecule has 0 aromatic carbocycles. The number of urea groups is 1. The summed E-state index contributed by atoms with van der Waals surface area (Å²) in [5, 5.41) is 4.18. The van der Waals surface area contributed by atoms with Crippen molar-refractivity contribution in [3.8, 4) is 0 Å². The highest BCUT2D eigenvalue weighted by Gasteiger charge is 2.51. The van der Waals surface area contributed by atoms with Crippen LogP contribution in [0.1, 0.15) is 32.1 Å². The van der Waals surface area contributed by atoms with Crippen LogP contribution in [0.2, 0.25) is 0 Å². The van der Waals surface area contributed by atoms with Crippen LogP contribution in [-0.2, 0) is 0 Å². The lowest BCUT2D eigenvalue weighted by atomic mass is 9.92. The van der Waals surface area contributed by atoms with Crippen molar-refractivity contribution < 1.29 is 4.79 Å². The number of hydrogen-bond donors (Lipinski definition) is 2. The lowest BCUT2D eigenvalue weighted by Gasteiger charge is -2.12. The molecule has 3 aliphatic carbocycles. The number of hydrogen-bond acceptors (Lipinski definition) is 2. The molecule has 4 unspecified atom stereocenters. The van der Waals surface area contributed by atoms with Crippen LogP contribution >= 0.6 is 0 Å². The van der Waals surface area contributed by atoms with Crippen molar-refractivity contribution in [2.45, 2.75) is 32.1 Å². The number of carbonyl (C=O) groups excluding carboxylic acids is 1. The summed E-state index contributed by atoms with van der Waals surface area (Å²) in [7, 11) is 0. The van der Waals surface area contributed by atoms with Crippen molar-refractivity contribution in [1.82, 2.24) is 5.43 Å². The van der Waals surface area contributed by atoms with E-state index in [0.717, 1.165) is 24.2 Å². The molecule has 0 saturated heterocycles. The third-order valence-electron chi connectivity index (χ3n) is 4.52. The van der Waals surface area contributed by atoms with Crippen LogP contribution in [0.5, 0.6) is 0 Å². The van der Waals surface area contributed by atoms with Gasteiger partial charge in [0.05, 0.1) is 0 Å². The fourth-order valence-electron chi connectivity index (χ4n) is 4.08. The molecule has 0 aromatic heterocycles. The molecule has 0 aromatic rings. The Morgan fingerprint density at radius 1 is 1.27 bits per heavy atom. The Hall–Kier alpha value is -1.06. The molecule has 3 fully saturated rings. The molecule has 0 spiro atoms. The van der Waals surface area contributed by atoms with Gasteiger partial charge < -0.3 is 5.73 Å². The van der Waals surface area contributed by atoms with Crippen molar-refractivity contribution >= 4 is 11.7 Å². The second kappa shape index (κ2) is 3.22. The minimum atomic E-state index is -0.547. The van der Waals surface area contributed by atoms with Crippen LogP contribution in [-0.4, -0.2) is 11.7 Å². The number of hydrazone groups is 1. The third kappa shape index (κ3) is 1.34. The summed E-state index contributed by atoms with van der Waals surface area (Å²) in [4.78, 5) is 10.6. The summed E-state index contributed by atoms with van der Waals surface area (Å²) < 4.78 is 0. The van der Waals surface area contributed by atoms with E-state index in [2.05, 4.69) is 10.5 Å². The van der Waals surface area contributed by atoms with Gasteiger partial charge in [0.15, 0.2) is 0 Å². The molecule has 3 aliphatic rings. The second-order valence-electron chi connectivity index (χ2n) is 5.14. The largest absolute Gasteiger partial charge is 0.350 e. The molecule has 3 rings (SSSR count). The Morgan fingerprint density at radius 2 is 2.00 bits per heavy atom. The van der Waals surface area contributed by atoms with Crippen LogP contribution in [0.25, 0.3) is 0 Å². The summed E-state index contributed by atoms with van der Waals surface area (Å²) in [6.45, 7) is 0. The number of rotatable bonds is 1. The minimum absolute atomic E-state index is 0.547. The fourth-order valence-corrected chi connectivity index (χ4v) is 4.08. The number of carbonyl (C=O) groups is 1. The van der Waals surface area contributed by atoms with Gasteiger partial charge in [-0.3, -0.25) is 0 Å². The zero-order chi connectivity index (χ0) is 10.4. The predicted octanol–water partition coefficient (Wildman–Crippen LogP) is 1.47. The number of nitrogens with two attached hydrogens (primary N) is 1. The molecule has 2 amide bonds. The van der Waals surface area contributed by atoms with E-state index in [1.54, 1.807) is 0 Å². The molecule has 0 heterocycles. The molecular weight excluding hydrogens is 190 g/mol. The number of primary amides is 1. The summed E-state index contributed by atoms with van der Waals surface area (Å²) in [5.74, 6) is 3.31. The summed E-state index contributed by atoms with van der Waals surface area (Å²) in [6.07, 6.45) is 6.50. The minimum Gasteiger partial charge on any atom is -0.350 e. The first-order valence-electron chi connectivity index (χ1n) is 5.87. The maximum Gasteiger partial charge on any atom is 0.332 e. The van der Waals surface area contributed by atoms with Crippen molar-refractivity contribution in [2.24, 2.45) is 34.5 Å². The van der Waals surface area contributed by atoms with Gasteiger partial charge in [-0.1, -0.05) is 0 Å². The van der Waals surface area contributed by atoms with Crippen molar-refractivity contribution in [1.29, 1.82) is 0 Å². The number of nitrogens with zero attached hydrogens (tertiary/aromatic N) is 1. The SMILES string of the molecule is NC(=O)N/N=C1\CC2CCC3CCC1C32. The normalized spacial score (nSPS) is 44.7. The van der Waals surface area contributed by atoms with E-state index >= 15 is 0 Å². The van der Waals surface area contributed by atoms with E-state index in [4.69, 9.17) is 5.73 Å². The average molecular weight is 207 g/mol. The zero-order valence-corrected chi connectivity index (χ0v) is 8.78. The van der Waals surface area contributed by atoms with E-state index in [0.29, 0.717) is 5.92 Å². The molecule has 0 bridgehead atoms. The maximum atomic E-state index is 10.6. The van der Waals surface area contributed by atoms with Gasteiger partial charge in [-0.05, 0) is 49.9 Å². The second-order valence-corrected chi connectivity index (χ2v) is 5.14. The van der Waals surface area contributed by atoms with Gasteiger partial charge in [0, 0.05) is 11.6 Å².